The summed E-state index contributed by atoms with van der Waals surface area (Å²) in [4.78, 5) is 6.23. The van der Waals surface area contributed by atoms with E-state index in [2.05, 4.69) is 9.88 Å². The van der Waals surface area contributed by atoms with Crippen molar-refractivity contribution in [1.29, 1.82) is 0 Å². The smallest absolute Gasteiger partial charge is 0.456 e. The van der Waals surface area contributed by atoms with E-state index >= 15 is 0 Å². The zero-order valence-electron chi connectivity index (χ0n) is 9.99. The molecule has 0 amide bonds. The zero-order valence-corrected chi connectivity index (χ0v) is 9.99. The highest BCUT2D eigenvalue weighted by atomic mass is 16.4. The first-order chi connectivity index (χ1) is 8.72. The van der Waals surface area contributed by atoms with Crippen molar-refractivity contribution < 1.29 is 14.5 Å². The summed E-state index contributed by atoms with van der Waals surface area (Å²) in [6, 6.07) is 3.84. The van der Waals surface area contributed by atoms with Crippen molar-refractivity contribution in [3.05, 3.63) is 30.3 Å². The van der Waals surface area contributed by atoms with Crippen molar-refractivity contribution in [2.45, 2.75) is 18.8 Å². The number of furan rings is 1. The molecule has 1 atom stereocenters. The summed E-state index contributed by atoms with van der Waals surface area (Å²) in [6.45, 7) is 2.28. The van der Waals surface area contributed by atoms with Gasteiger partial charge in [0.25, 0.3) is 0 Å². The van der Waals surface area contributed by atoms with Gasteiger partial charge in [-0.3, -0.25) is 9.88 Å². The zero-order chi connectivity index (χ0) is 12.5. The van der Waals surface area contributed by atoms with Crippen LogP contribution in [0.1, 0.15) is 12.2 Å². The molecule has 2 aromatic rings. The molecule has 1 aliphatic heterocycles. The number of rotatable bonds is 3. The molecule has 1 fully saturated rings. The second kappa shape index (κ2) is 4.72. The van der Waals surface area contributed by atoms with Gasteiger partial charge in [-0.2, -0.15) is 0 Å². The second-order valence-corrected chi connectivity index (χ2v) is 4.82. The van der Waals surface area contributed by atoms with E-state index in [1.54, 1.807) is 12.4 Å². The molecule has 3 rings (SSSR count). The Kier molecular flexibility index (Phi) is 3.07. The third-order valence-corrected chi connectivity index (χ3v) is 3.48. The maximum Gasteiger partial charge on any atom is 0.456 e. The average molecular weight is 246 g/mol. The fourth-order valence-electron chi connectivity index (χ4n) is 2.49. The average Bonchev–Trinajstić information content (AvgIpc) is 2.94. The van der Waals surface area contributed by atoms with E-state index < -0.39 is 7.12 Å². The lowest BCUT2D eigenvalue weighted by Gasteiger charge is -2.13. The van der Waals surface area contributed by atoms with E-state index in [1.165, 1.54) is 0 Å². The van der Waals surface area contributed by atoms with Gasteiger partial charge in [-0.05, 0) is 31.6 Å². The number of hydrogen-bond acceptors (Lipinski definition) is 5. The summed E-state index contributed by atoms with van der Waals surface area (Å²) < 4.78 is 5.72. The molecule has 2 N–H and O–H groups in total. The van der Waals surface area contributed by atoms with Gasteiger partial charge in [0.1, 0.15) is 11.3 Å². The van der Waals surface area contributed by atoms with E-state index in [1.807, 2.05) is 12.1 Å². The minimum Gasteiger partial charge on any atom is -0.460 e. The monoisotopic (exact) mass is 246 g/mol. The molecule has 0 saturated carbocycles. The number of hydrogen-bond donors (Lipinski definition) is 2. The third kappa shape index (κ3) is 2.27. The first-order valence-electron chi connectivity index (χ1n) is 6.13. The lowest BCUT2D eigenvalue weighted by Crippen LogP contribution is -2.24. The lowest BCUT2D eigenvalue weighted by atomic mass is 9.72. The standard InChI is InChI=1S/C12H15BN2O3/c16-13(17)10-2-4-15(7-10)8-11-5-9-6-14-3-1-12(9)18-11/h1,3,5-6,10,16-17H,2,4,7-8H2. The molecule has 3 heterocycles. The normalized spacial score (nSPS) is 20.7. The highest BCUT2D eigenvalue weighted by Gasteiger charge is 2.31. The van der Waals surface area contributed by atoms with Crippen molar-refractivity contribution in [2.24, 2.45) is 0 Å². The van der Waals surface area contributed by atoms with Gasteiger partial charge in [-0.25, -0.2) is 0 Å². The predicted molar refractivity (Wildman–Crippen MR) is 67.8 cm³/mol. The lowest BCUT2D eigenvalue weighted by molar-refractivity contribution is 0.296. The van der Waals surface area contributed by atoms with E-state index in [4.69, 9.17) is 14.5 Å². The summed E-state index contributed by atoms with van der Waals surface area (Å²) in [6.07, 6.45) is 4.32. The number of pyridine rings is 1. The number of fused-ring (bicyclic) bond motifs is 1. The van der Waals surface area contributed by atoms with E-state index in [0.29, 0.717) is 13.1 Å². The van der Waals surface area contributed by atoms with E-state index in [9.17, 15) is 0 Å². The quantitative estimate of drug-likeness (QED) is 0.786. The summed E-state index contributed by atoms with van der Waals surface area (Å²) in [5.41, 5.74) is 0.845. The Labute approximate surface area is 105 Å². The molecule has 5 nitrogen and oxygen atoms in total. The van der Waals surface area contributed by atoms with Gasteiger partial charge in [-0.15, -0.1) is 0 Å². The molecule has 1 aliphatic rings. The van der Waals surface area contributed by atoms with Crippen LogP contribution in [0.4, 0.5) is 0 Å². The molecule has 6 heteroatoms. The fourth-order valence-corrected chi connectivity index (χ4v) is 2.49. The van der Waals surface area contributed by atoms with Crippen LogP contribution >= 0.6 is 0 Å². The van der Waals surface area contributed by atoms with Gasteiger partial charge in [-0.1, -0.05) is 0 Å². The molecule has 1 unspecified atom stereocenters. The summed E-state index contributed by atoms with van der Waals surface area (Å²) >= 11 is 0. The highest BCUT2D eigenvalue weighted by Crippen LogP contribution is 2.26. The second-order valence-electron chi connectivity index (χ2n) is 4.82. The van der Waals surface area contributed by atoms with Crippen LogP contribution in [0.5, 0.6) is 0 Å². The molecule has 0 aromatic carbocycles. The Hall–Kier alpha value is -1.37. The van der Waals surface area contributed by atoms with Crippen LogP contribution in [0.15, 0.2) is 28.9 Å². The van der Waals surface area contributed by atoms with Gasteiger partial charge >= 0.3 is 7.12 Å². The van der Waals surface area contributed by atoms with Crippen LogP contribution in [-0.4, -0.2) is 40.1 Å². The Morgan fingerprint density at radius 2 is 2.39 bits per heavy atom. The maximum atomic E-state index is 9.15. The van der Waals surface area contributed by atoms with Crippen LogP contribution in [0.3, 0.4) is 0 Å². The van der Waals surface area contributed by atoms with Gasteiger partial charge in [0, 0.05) is 23.6 Å². The van der Waals surface area contributed by atoms with Crippen LogP contribution in [0.2, 0.25) is 5.82 Å². The predicted octanol–water partition coefficient (Wildman–Crippen LogP) is 0.877. The number of aromatic nitrogens is 1. The molecule has 1 saturated heterocycles. The molecule has 18 heavy (non-hydrogen) atoms. The summed E-state index contributed by atoms with van der Waals surface area (Å²) in [7, 11) is -1.21. The van der Waals surface area contributed by atoms with Crippen LogP contribution < -0.4 is 0 Å². The minimum atomic E-state index is -1.21. The first-order valence-corrected chi connectivity index (χ1v) is 6.13. The van der Waals surface area contributed by atoms with Crippen LogP contribution in [0.25, 0.3) is 11.0 Å². The largest absolute Gasteiger partial charge is 0.460 e. The molecule has 0 aliphatic carbocycles. The van der Waals surface area contributed by atoms with Gasteiger partial charge in [0.15, 0.2) is 0 Å². The Balaban J connectivity index is 1.70. The van der Waals surface area contributed by atoms with Gasteiger partial charge in [0.05, 0.1) is 6.54 Å². The molecular weight excluding hydrogens is 231 g/mol. The molecule has 0 radical (unpaired) electrons. The summed E-state index contributed by atoms with van der Waals surface area (Å²) in [5.74, 6) is 0.849. The molecule has 0 spiro atoms. The Bertz CT molecular complexity index is 510. The van der Waals surface area contributed by atoms with Crippen molar-refractivity contribution in [2.75, 3.05) is 13.1 Å². The maximum absolute atomic E-state index is 9.15. The molecule has 0 bridgehead atoms. The van der Waals surface area contributed by atoms with Gasteiger partial charge in [0.2, 0.25) is 0 Å². The fraction of sp³-hybridized carbons (Fsp3) is 0.417. The van der Waals surface area contributed by atoms with Crippen molar-refractivity contribution in [1.82, 2.24) is 9.88 Å². The first kappa shape index (κ1) is 11.7. The van der Waals surface area contributed by atoms with E-state index in [-0.39, 0.29) is 5.82 Å². The number of nitrogens with zero attached hydrogens (tertiary/aromatic N) is 2. The van der Waals surface area contributed by atoms with E-state index in [0.717, 1.165) is 29.7 Å². The highest BCUT2D eigenvalue weighted by molar-refractivity contribution is 6.43. The van der Waals surface area contributed by atoms with Crippen molar-refractivity contribution in [3.8, 4) is 0 Å². The molecule has 94 valence electrons. The SMILES string of the molecule is OB(O)C1CCN(Cc2cc3cnccc3o2)C1. The number of likely N-dealkylation sites (tertiary alicyclic amines) is 1. The molecule has 2 aromatic heterocycles. The van der Waals surface area contributed by atoms with Crippen LogP contribution in [0, 0.1) is 0 Å². The van der Waals surface area contributed by atoms with Crippen LogP contribution in [-0.2, 0) is 6.54 Å². The van der Waals surface area contributed by atoms with Crippen molar-refractivity contribution >= 4 is 18.1 Å². The van der Waals surface area contributed by atoms with Crippen molar-refractivity contribution in [3.63, 3.8) is 0 Å². The Morgan fingerprint density at radius 3 is 3.11 bits per heavy atom. The third-order valence-electron chi connectivity index (χ3n) is 3.48. The van der Waals surface area contributed by atoms with Gasteiger partial charge < -0.3 is 14.5 Å². The molecular formula is C12H15BN2O3. The Morgan fingerprint density at radius 1 is 1.50 bits per heavy atom. The topological polar surface area (TPSA) is 69.7 Å². The minimum absolute atomic E-state index is 0.0453. The summed E-state index contributed by atoms with van der Waals surface area (Å²) in [5, 5.41) is 19.3.